The largest absolute Gasteiger partial charge is 0.487 e. The van der Waals surface area contributed by atoms with Gasteiger partial charge in [0.15, 0.2) is 17.7 Å². The second kappa shape index (κ2) is 21.4. The summed E-state index contributed by atoms with van der Waals surface area (Å²) < 4.78 is 6.07. The Morgan fingerprint density at radius 2 is 1.31 bits per heavy atom. The van der Waals surface area contributed by atoms with Gasteiger partial charge in [-0.3, -0.25) is 9.59 Å². The third-order valence-electron chi connectivity index (χ3n) is 9.39. The highest BCUT2D eigenvalue weighted by Gasteiger charge is 2.39. The Labute approximate surface area is 312 Å². The van der Waals surface area contributed by atoms with Crippen molar-refractivity contribution in [3.8, 4) is 0 Å². The van der Waals surface area contributed by atoms with Crippen LogP contribution >= 0.6 is 0 Å². The zero-order valence-corrected chi connectivity index (χ0v) is 34.7. The standard InChI is InChI=1S/C48H68O3/c1-16-38(8)45(49)39(9)42(47(11,12)13)31-29-36(6)27-21-25-34(4)23-19-20-24-35(5)26-22-28-37(7)30-32-43-40(10)46(50)44(33-48(43,14)15)51-41(17-2)18-3/h17,19-32,38,44H,16,18,33H2,1-15H3/b20-19+,25-21+,26-22+,31-29+,32-30+,34-23+,35-24+,36-27+,37-28+,41-17?,42-39-. The van der Waals surface area contributed by atoms with E-state index in [0.29, 0.717) is 6.42 Å². The van der Waals surface area contributed by atoms with Crippen LogP contribution in [0.3, 0.4) is 0 Å². The molecule has 1 aliphatic rings. The first-order valence-corrected chi connectivity index (χ1v) is 18.7. The van der Waals surface area contributed by atoms with E-state index in [1.54, 1.807) is 0 Å². The third kappa shape index (κ3) is 15.4. The minimum atomic E-state index is -0.420. The van der Waals surface area contributed by atoms with Crippen LogP contribution in [0, 0.1) is 16.7 Å². The number of hydrogen-bond acceptors (Lipinski definition) is 3. The molecule has 0 saturated heterocycles. The molecule has 51 heavy (non-hydrogen) atoms. The van der Waals surface area contributed by atoms with E-state index in [9.17, 15) is 9.59 Å². The van der Waals surface area contributed by atoms with Gasteiger partial charge in [0, 0.05) is 18.8 Å². The highest BCUT2D eigenvalue weighted by atomic mass is 16.5. The molecule has 1 rings (SSSR count). The average Bonchev–Trinajstić information content (AvgIpc) is 3.06. The van der Waals surface area contributed by atoms with E-state index in [0.717, 1.165) is 63.2 Å². The second-order valence-electron chi connectivity index (χ2n) is 15.6. The fourth-order valence-corrected chi connectivity index (χ4v) is 5.93. The summed E-state index contributed by atoms with van der Waals surface area (Å²) in [6, 6.07) is 0. The van der Waals surface area contributed by atoms with E-state index in [1.165, 1.54) is 0 Å². The van der Waals surface area contributed by atoms with Crippen molar-refractivity contribution in [2.75, 3.05) is 0 Å². The van der Waals surface area contributed by atoms with Crippen LogP contribution in [0.4, 0.5) is 0 Å². The van der Waals surface area contributed by atoms with Crippen LogP contribution in [0.15, 0.2) is 141 Å². The number of carbonyl (C=O) groups is 2. The fraction of sp³-hybridized carbons (Fsp3) is 0.458. The maximum absolute atomic E-state index is 13.1. The molecule has 0 aromatic heterocycles. The van der Waals surface area contributed by atoms with Gasteiger partial charge in [0.1, 0.15) is 0 Å². The highest BCUT2D eigenvalue weighted by molar-refractivity contribution is 6.01. The lowest BCUT2D eigenvalue weighted by atomic mass is 9.71. The minimum absolute atomic E-state index is 0.0418. The molecule has 0 aromatic rings. The predicted octanol–water partition coefficient (Wildman–Crippen LogP) is 13.5. The Hall–Kier alpha value is -3.98. The Morgan fingerprint density at radius 1 is 0.824 bits per heavy atom. The zero-order valence-electron chi connectivity index (χ0n) is 34.7. The van der Waals surface area contributed by atoms with Crippen molar-refractivity contribution in [1.29, 1.82) is 0 Å². The number of allylic oxidation sites excluding steroid dienone is 23. The molecule has 0 amide bonds. The third-order valence-corrected chi connectivity index (χ3v) is 9.39. The Kier molecular flexibility index (Phi) is 18.9. The lowest BCUT2D eigenvalue weighted by Crippen LogP contribution is -2.37. The van der Waals surface area contributed by atoms with Crippen LogP contribution in [-0.2, 0) is 14.3 Å². The van der Waals surface area contributed by atoms with Crippen LogP contribution in [0.25, 0.3) is 0 Å². The van der Waals surface area contributed by atoms with Crippen molar-refractivity contribution in [1.82, 2.24) is 0 Å². The van der Waals surface area contributed by atoms with Gasteiger partial charge in [-0.25, -0.2) is 0 Å². The number of rotatable bonds is 16. The molecule has 278 valence electrons. The van der Waals surface area contributed by atoms with Gasteiger partial charge in [-0.1, -0.05) is 163 Å². The Balaban J connectivity index is 2.88. The van der Waals surface area contributed by atoms with Crippen molar-refractivity contribution in [3.05, 3.63) is 141 Å². The normalized spacial score (nSPS) is 20.2. The molecule has 0 aromatic carbocycles. The molecule has 3 nitrogen and oxygen atoms in total. The lowest BCUT2D eigenvalue weighted by molar-refractivity contribution is -0.127. The summed E-state index contributed by atoms with van der Waals surface area (Å²) >= 11 is 0. The molecule has 2 atom stereocenters. The first kappa shape index (κ1) is 45.0. The monoisotopic (exact) mass is 693 g/mol. The smallest absolute Gasteiger partial charge is 0.199 e. The summed E-state index contributed by atoms with van der Waals surface area (Å²) in [5, 5.41) is 0. The van der Waals surface area contributed by atoms with Gasteiger partial charge in [-0.05, 0) is 94.1 Å². The van der Waals surface area contributed by atoms with E-state index in [2.05, 4.69) is 154 Å². The van der Waals surface area contributed by atoms with E-state index in [-0.39, 0.29) is 28.3 Å². The van der Waals surface area contributed by atoms with Crippen LogP contribution in [-0.4, -0.2) is 17.7 Å². The van der Waals surface area contributed by atoms with Gasteiger partial charge in [-0.2, -0.15) is 0 Å². The second-order valence-corrected chi connectivity index (χ2v) is 15.6. The van der Waals surface area contributed by atoms with Gasteiger partial charge in [0.2, 0.25) is 0 Å². The quantitative estimate of drug-likeness (QED) is 0.0918. The summed E-state index contributed by atoms with van der Waals surface area (Å²) in [6.45, 7) is 31.1. The van der Waals surface area contributed by atoms with E-state index < -0.39 is 6.10 Å². The summed E-state index contributed by atoms with van der Waals surface area (Å²) in [5.74, 6) is 1.23. The molecule has 0 radical (unpaired) electrons. The molecule has 0 saturated carbocycles. The van der Waals surface area contributed by atoms with Crippen molar-refractivity contribution < 1.29 is 14.3 Å². The molecule has 0 aliphatic heterocycles. The summed E-state index contributed by atoms with van der Waals surface area (Å²) in [7, 11) is 0. The van der Waals surface area contributed by atoms with E-state index in [4.69, 9.17) is 4.74 Å². The number of ketones is 2. The molecule has 1 aliphatic carbocycles. The number of hydrogen-bond donors (Lipinski definition) is 0. The zero-order chi connectivity index (χ0) is 38.9. The Morgan fingerprint density at radius 3 is 1.78 bits per heavy atom. The first-order valence-electron chi connectivity index (χ1n) is 18.7. The number of carbonyl (C=O) groups excluding carboxylic acids is 2. The minimum Gasteiger partial charge on any atom is -0.487 e. The molecule has 0 heterocycles. The molecule has 0 N–H and O–H groups in total. The van der Waals surface area contributed by atoms with Crippen molar-refractivity contribution in [2.24, 2.45) is 16.7 Å². The van der Waals surface area contributed by atoms with Crippen LogP contribution in [0.1, 0.15) is 123 Å². The predicted molar refractivity (Wildman–Crippen MR) is 222 cm³/mol. The molecule has 2 unspecified atom stereocenters. The molecule has 3 heteroatoms. The number of ether oxygens (including phenoxy) is 1. The summed E-state index contributed by atoms with van der Waals surface area (Å²) in [5.41, 5.74) is 8.08. The van der Waals surface area contributed by atoms with Crippen molar-refractivity contribution in [3.63, 3.8) is 0 Å². The van der Waals surface area contributed by atoms with E-state index >= 15 is 0 Å². The van der Waals surface area contributed by atoms with Gasteiger partial charge < -0.3 is 4.74 Å². The lowest BCUT2D eigenvalue weighted by Gasteiger charge is -2.37. The highest BCUT2D eigenvalue weighted by Crippen LogP contribution is 2.41. The average molecular weight is 693 g/mol. The van der Waals surface area contributed by atoms with E-state index in [1.807, 2.05) is 40.7 Å². The maximum Gasteiger partial charge on any atom is 0.199 e. The summed E-state index contributed by atoms with van der Waals surface area (Å²) in [6.07, 6.45) is 33.0. The van der Waals surface area contributed by atoms with Gasteiger partial charge >= 0.3 is 0 Å². The van der Waals surface area contributed by atoms with Crippen molar-refractivity contribution in [2.45, 2.75) is 129 Å². The van der Waals surface area contributed by atoms with Gasteiger partial charge in [0.25, 0.3) is 0 Å². The molecule has 0 bridgehead atoms. The fourth-order valence-electron chi connectivity index (χ4n) is 5.93. The van der Waals surface area contributed by atoms with Crippen LogP contribution < -0.4 is 0 Å². The maximum atomic E-state index is 13.1. The number of Topliss-reactive ketones (excluding diaryl/α,β-unsaturated/α-hetero) is 2. The van der Waals surface area contributed by atoms with Gasteiger partial charge in [0.05, 0.1) is 5.76 Å². The Bertz CT molecular complexity index is 1600. The SMILES string of the molecule is CC=C(CC)OC1CC(C)(C)C(/C=C/C(C)=C/C=C/C(C)=C/C=C/C=C(C)/C=C/C=C(C)/C=C/C(=C(\C)C(=O)C(C)CC)C(C)(C)C)=C(C)C1=O. The molecular formula is C48H68O3. The van der Waals surface area contributed by atoms with Gasteiger partial charge in [-0.15, -0.1) is 0 Å². The summed E-state index contributed by atoms with van der Waals surface area (Å²) in [4.78, 5) is 26.0. The molecule has 0 spiro atoms. The molecular weight excluding hydrogens is 625 g/mol. The van der Waals surface area contributed by atoms with Crippen LogP contribution in [0.5, 0.6) is 0 Å². The van der Waals surface area contributed by atoms with Crippen LogP contribution in [0.2, 0.25) is 0 Å². The first-order chi connectivity index (χ1) is 23.8. The topological polar surface area (TPSA) is 43.4 Å². The molecule has 0 fully saturated rings. The van der Waals surface area contributed by atoms with Crippen molar-refractivity contribution >= 4 is 11.6 Å².